The number of rotatable bonds is 5. The van der Waals surface area contributed by atoms with Gasteiger partial charge in [0.15, 0.2) is 0 Å². The highest BCUT2D eigenvalue weighted by Gasteiger charge is 2.40. The van der Waals surface area contributed by atoms with Crippen molar-refractivity contribution in [3.8, 4) is 0 Å². The van der Waals surface area contributed by atoms with Gasteiger partial charge in [-0.15, -0.1) is 0 Å². The van der Waals surface area contributed by atoms with E-state index in [1.165, 1.54) is 12.8 Å². The van der Waals surface area contributed by atoms with Crippen LogP contribution in [0.4, 0.5) is 0 Å². The fraction of sp³-hybridized carbons (Fsp3) is 0.579. The molecule has 4 atom stereocenters. The van der Waals surface area contributed by atoms with Gasteiger partial charge in [-0.1, -0.05) is 30.3 Å². The van der Waals surface area contributed by atoms with Crippen LogP contribution in [0.5, 0.6) is 0 Å². The van der Waals surface area contributed by atoms with Gasteiger partial charge in [0.1, 0.15) is 12.0 Å². The number of carbonyl (C=O) groups excluding carboxylic acids is 2. The smallest absolute Gasteiger partial charge is 0.448 e. The number of benzene rings is 1. The van der Waals surface area contributed by atoms with Crippen LogP contribution < -0.4 is 0 Å². The zero-order valence-corrected chi connectivity index (χ0v) is 17.2. The minimum atomic E-state index is -4.57. The predicted octanol–water partition coefficient (Wildman–Crippen LogP) is 1.28. The molecule has 2 aliphatic heterocycles. The maximum Gasteiger partial charge on any atom is 0.448 e. The largest absolute Gasteiger partial charge is 0.462 e. The molecule has 0 spiro atoms. The second kappa shape index (κ2) is 10.1. The number of aliphatic hydroxyl groups is 1. The number of ether oxygens (including phenoxy) is 1. The first-order chi connectivity index (χ1) is 13.6. The summed E-state index contributed by atoms with van der Waals surface area (Å²) in [5.74, 6) is -1.92. The third-order valence-electron chi connectivity index (χ3n) is 5.23. The Kier molecular flexibility index (Phi) is 8.14. The lowest BCUT2D eigenvalue weighted by Gasteiger charge is -2.36. The Balaban J connectivity index is 0.000000321. The maximum atomic E-state index is 12.4. The minimum Gasteiger partial charge on any atom is -0.462 e. The fourth-order valence-electron chi connectivity index (χ4n) is 3.85. The van der Waals surface area contributed by atoms with Gasteiger partial charge in [0.05, 0.1) is 6.61 Å². The molecule has 9 nitrogen and oxygen atoms in total. The van der Waals surface area contributed by atoms with Gasteiger partial charge in [-0.2, -0.15) is 8.42 Å². The highest BCUT2D eigenvalue weighted by atomic mass is 32.3. The molecule has 162 valence electrons. The Hall–Kier alpha value is -2.01. The summed E-state index contributed by atoms with van der Waals surface area (Å²) in [7, 11) is -2.41. The molecular formula is C19H27NO8S. The molecule has 2 N–H and O–H groups in total. The summed E-state index contributed by atoms with van der Waals surface area (Å²) in [6.45, 7) is 0.663. The molecule has 0 radical (unpaired) electrons. The molecule has 10 heteroatoms. The zero-order valence-electron chi connectivity index (χ0n) is 16.4. The summed E-state index contributed by atoms with van der Waals surface area (Å²) in [6, 6.07) is 10.5. The molecule has 1 aromatic carbocycles. The number of aliphatic hydroxyl groups excluding tert-OH is 1. The molecule has 0 aliphatic carbocycles. The molecule has 2 aliphatic rings. The lowest BCUT2D eigenvalue weighted by atomic mass is 9.98. The van der Waals surface area contributed by atoms with Gasteiger partial charge in [-0.3, -0.25) is 14.1 Å². The first-order valence-electron chi connectivity index (χ1n) is 9.36. The van der Waals surface area contributed by atoms with Gasteiger partial charge in [0.25, 0.3) is 0 Å². The summed E-state index contributed by atoms with van der Waals surface area (Å²) in [5, 5.41) is 9.53. The van der Waals surface area contributed by atoms with Crippen LogP contribution in [0.1, 0.15) is 44.1 Å². The van der Waals surface area contributed by atoms with Gasteiger partial charge < -0.3 is 18.9 Å². The quantitative estimate of drug-likeness (QED) is 0.525. The van der Waals surface area contributed by atoms with E-state index in [1.807, 2.05) is 30.3 Å². The summed E-state index contributed by atoms with van der Waals surface area (Å²) in [5.41, 5.74) is 0.820. The molecular weight excluding hydrogens is 402 g/mol. The van der Waals surface area contributed by atoms with Crippen molar-refractivity contribution >= 4 is 22.3 Å². The van der Waals surface area contributed by atoms with Gasteiger partial charge in [0.2, 0.25) is 0 Å². The molecule has 1 aromatic rings. The molecule has 3 rings (SSSR count). The Bertz CT molecular complexity index is 784. The van der Waals surface area contributed by atoms with Gasteiger partial charge >= 0.3 is 22.3 Å². The molecule has 2 heterocycles. The second-order valence-electron chi connectivity index (χ2n) is 7.23. The van der Waals surface area contributed by atoms with Crippen LogP contribution in [0.15, 0.2) is 30.3 Å². The van der Waals surface area contributed by atoms with Crippen molar-refractivity contribution in [2.75, 3.05) is 13.7 Å². The number of hydrogen-bond donors (Lipinski definition) is 2. The van der Waals surface area contributed by atoms with E-state index in [1.54, 1.807) is 0 Å². The van der Waals surface area contributed by atoms with E-state index in [4.69, 9.17) is 9.29 Å². The van der Waals surface area contributed by atoms with Crippen molar-refractivity contribution in [1.29, 1.82) is 0 Å². The van der Waals surface area contributed by atoms with Crippen molar-refractivity contribution in [3.05, 3.63) is 35.9 Å². The Labute approximate surface area is 170 Å². The minimum absolute atomic E-state index is 0.00367. The van der Waals surface area contributed by atoms with Crippen molar-refractivity contribution < 1.29 is 36.6 Å². The first-order valence-corrected chi connectivity index (χ1v) is 10.7. The van der Waals surface area contributed by atoms with E-state index in [2.05, 4.69) is 16.1 Å². The molecule has 2 fully saturated rings. The van der Waals surface area contributed by atoms with Crippen LogP contribution in [0, 0.1) is 0 Å². The van der Waals surface area contributed by atoms with E-state index in [9.17, 15) is 23.1 Å². The molecule has 2 bridgehead atoms. The van der Waals surface area contributed by atoms with Crippen LogP contribution >= 0.6 is 0 Å². The van der Waals surface area contributed by atoms with E-state index >= 15 is 0 Å². The molecule has 29 heavy (non-hydrogen) atoms. The van der Waals surface area contributed by atoms with Crippen molar-refractivity contribution in [1.82, 2.24) is 4.90 Å². The molecule has 0 saturated carbocycles. The number of piperidine rings is 1. The molecule has 0 amide bonds. The highest BCUT2D eigenvalue weighted by Crippen LogP contribution is 2.36. The topological polar surface area (TPSA) is 130 Å². The van der Waals surface area contributed by atoms with Crippen molar-refractivity contribution in [3.63, 3.8) is 0 Å². The number of hydrogen-bond acceptors (Lipinski definition) is 8. The fourth-order valence-corrected chi connectivity index (χ4v) is 4.15. The molecule has 2 unspecified atom stereocenters. The third kappa shape index (κ3) is 7.07. The number of nitrogens with zero attached hydrogens (tertiary/aromatic N) is 1. The van der Waals surface area contributed by atoms with Crippen molar-refractivity contribution in [2.24, 2.45) is 0 Å². The number of esters is 1. The standard InChI is InChI=1S/C17H23NO3.C2H4O5S/c1-18-13-7-8-14(18)10-15(9-13)21-17(20)16(11-19)12-5-3-2-4-6-12;1-2(3)7-8(4,5)6/h2-6,13-16,19H,7-11H2,1H3;1H3,(H,4,5,6)/t13-,14+,15?,16?;. The van der Waals surface area contributed by atoms with Gasteiger partial charge in [-0.05, 0) is 38.3 Å². The molecule has 0 aromatic heterocycles. The van der Waals surface area contributed by atoms with E-state index in [-0.39, 0.29) is 18.7 Å². The Morgan fingerprint density at radius 2 is 1.72 bits per heavy atom. The van der Waals surface area contributed by atoms with Crippen LogP contribution in [-0.2, 0) is 28.9 Å². The second-order valence-corrected chi connectivity index (χ2v) is 8.25. The van der Waals surface area contributed by atoms with Crippen LogP contribution in [-0.4, -0.2) is 66.8 Å². The first kappa shape index (κ1) is 23.3. The monoisotopic (exact) mass is 429 g/mol. The summed E-state index contributed by atoms with van der Waals surface area (Å²) in [6.07, 6.45) is 4.26. The van der Waals surface area contributed by atoms with E-state index in [0.29, 0.717) is 12.1 Å². The number of fused-ring (bicyclic) bond motifs is 2. The van der Waals surface area contributed by atoms with Gasteiger partial charge in [-0.25, -0.2) is 0 Å². The van der Waals surface area contributed by atoms with Crippen molar-refractivity contribution in [2.45, 2.75) is 56.7 Å². The SMILES string of the molecule is CC(=O)OS(=O)(=O)O.CN1[C@@H]2CC[C@H]1CC(OC(=O)C(CO)c1ccccc1)C2. The lowest BCUT2D eigenvalue weighted by molar-refractivity contribution is -0.155. The maximum absolute atomic E-state index is 12.4. The van der Waals surface area contributed by atoms with E-state index in [0.717, 1.165) is 25.3 Å². The average molecular weight is 429 g/mol. The summed E-state index contributed by atoms with van der Waals surface area (Å²) < 4.78 is 35.9. The lowest BCUT2D eigenvalue weighted by Crippen LogP contribution is -2.43. The van der Waals surface area contributed by atoms with Gasteiger partial charge in [0, 0.05) is 19.0 Å². The Morgan fingerprint density at radius 3 is 2.14 bits per heavy atom. The normalized spacial score (nSPS) is 24.8. The predicted molar refractivity (Wildman–Crippen MR) is 103 cm³/mol. The summed E-state index contributed by atoms with van der Waals surface area (Å²) >= 11 is 0. The van der Waals surface area contributed by atoms with Crippen LogP contribution in [0.3, 0.4) is 0 Å². The molecule has 2 saturated heterocycles. The Morgan fingerprint density at radius 1 is 1.17 bits per heavy atom. The average Bonchev–Trinajstić information content (AvgIpc) is 2.83. The van der Waals surface area contributed by atoms with E-state index < -0.39 is 22.3 Å². The summed E-state index contributed by atoms with van der Waals surface area (Å²) in [4.78, 5) is 24.5. The third-order valence-corrected chi connectivity index (χ3v) is 5.67. The number of carbonyl (C=O) groups is 2. The van der Waals surface area contributed by atoms with Crippen LogP contribution in [0.2, 0.25) is 0 Å². The zero-order chi connectivity index (χ0) is 21.6. The highest BCUT2D eigenvalue weighted by molar-refractivity contribution is 7.81. The van der Waals surface area contributed by atoms with Crippen LogP contribution in [0.25, 0.3) is 0 Å².